The number of hydrogen-bond donors (Lipinski definition) is 2. The van der Waals surface area contributed by atoms with Crippen molar-refractivity contribution < 1.29 is 4.92 Å². The topological polar surface area (TPSA) is 96.2 Å². The quantitative estimate of drug-likeness (QED) is 0.542. The summed E-state index contributed by atoms with van der Waals surface area (Å²) in [7, 11) is 0. The molecule has 2 aromatic rings. The van der Waals surface area contributed by atoms with Gasteiger partial charge in [0.15, 0.2) is 0 Å². The number of nitro groups is 1. The average molecular weight is 370 g/mol. The van der Waals surface area contributed by atoms with E-state index in [0.29, 0.717) is 6.54 Å². The van der Waals surface area contributed by atoms with Crippen molar-refractivity contribution in [2.75, 3.05) is 36.8 Å². The maximum atomic E-state index is 11.7. The largest absolute Gasteiger partial charge is 0.363 e. The summed E-state index contributed by atoms with van der Waals surface area (Å²) in [6.45, 7) is 5.60. The van der Waals surface area contributed by atoms with Crippen LogP contribution < -0.4 is 10.6 Å². The van der Waals surface area contributed by atoms with Gasteiger partial charge in [-0.25, -0.2) is 9.97 Å². The van der Waals surface area contributed by atoms with Gasteiger partial charge in [-0.3, -0.25) is 10.1 Å². The van der Waals surface area contributed by atoms with Crippen LogP contribution in [0.5, 0.6) is 0 Å². The monoisotopic (exact) mass is 370 g/mol. The molecule has 0 radical (unpaired) electrons. The highest BCUT2D eigenvalue weighted by atomic mass is 16.6. The van der Waals surface area contributed by atoms with Gasteiger partial charge in [0.1, 0.15) is 6.33 Å². The first-order chi connectivity index (χ1) is 13.1. The van der Waals surface area contributed by atoms with E-state index in [2.05, 4.69) is 25.5 Å². The molecule has 8 nitrogen and oxygen atoms in total. The third-order valence-corrected chi connectivity index (χ3v) is 4.83. The fourth-order valence-electron chi connectivity index (χ4n) is 3.33. The summed E-state index contributed by atoms with van der Waals surface area (Å²) in [4.78, 5) is 21.8. The maximum absolute atomic E-state index is 11.7. The Balaban J connectivity index is 1.69. The lowest BCUT2D eigenvalue weighted by atomic mass is 10.1. The van der Waals surface area contributed by atoms with E-state index in [1.165, 1.54) is 25.6 Å². The fourth-order valence-corrected chi connectivity index (χ4v) is 3.33. The van der Waals surface area contributed by atoms with Gasteiger partial charge in [0.25, 0.3) is 0 Å². The van der Waals surface area contributed by atoms with Gasteiger partial charge in [0.05, 0.1) is 11.0 Å². The summed E-state index contributed by atoms with van der Waals surface area (Å²) in [6, 6.07) is 9.66. The molecule has 8 heteroatoms. The van der Waals surface area contributed by atoms with Gasteiger partial charge in [-0.15, -0.1) is 0 Å². The number of nitrogens with one attached hydrogen (secondary N) is 2. The number of benzene rings is 1. The Morgan fingerprint density at radius 1 is 1.15 bits per heavy atom. The van der Waals surface area contributed by atoms with Crippen LogP contribution in [0.2, 0.25) is 0 Å². The zero-order valence-corrected chi connectivity index (χ0v) is 15.6. The van der Waals surface area contributed by atoms with Gasteiger partial charge in [-0.2, -0.15) is 0 Å². The number of nitrogens with zero attached hydrogens (tertiary/aromatic N) is 4. The first-order valence-electron chi connectivity index (χ1n) is 9.42. The van der Waals surface area contributed by atoms with E-state index >= 15 is 0 Å². The molecule has 1 aliphatic heterocycles. The number of hydrogen-bond acceptors (Lipinski definition) is 7. The second-order valence-corrected chi connectivity index (χ2v) is 6.78. The minimum atomic E-state index is -0.427. The lowest BCUT2D eigenvalue weighted by molar-refractivity contribution is -0.383. The molecule has 0 saturated carbocycles. The molecule has 1 aromatic heterocycles. The average Bonchev–Trinajstić information content (AvgIpc) is 2.69. The van der Waals surface area contributed by atoms with E-state index in [1.54, 1.807) is 0 Å². The Morgan fingerprint density at radius 3 is 2.56 bits per heavy atom. The Kier molecular flexibility index (Phi) is 6.54. The van der Waals surface area contributed by atoms with Gasteiger partial charge >= 0.3 is 5.69 Å². The van der Waals surface area contributed by atoms with Crippen LogP contribution in [0.15, 0.2) is 36.7 Å². The molecule has 1 atom stereocenters. The van der Waals surface area contributed by atoms with Crippen molar-refractivity contribution in [3.05, 3.63) is 52.3 Å². The second kappa shape index (κ2) is 9.27. The zero-order valence-electron chi connectivity index (χ0n) is 15.6. The molecule has 1 saturated heterocycles. The second-order valence-electron chi connectivity index (χ2n) is 6.78. The van der Waals surface area contributed by atoms with Crippen molar-refractivity contribution in [2.45, 2.75) is 32.2 Å². The predicted molar refractivity (Wildman–Crippen MR) is 106 cm³/mol. The normalized spacial score (nSPS) is 15.9. The molecule has 1 aliphatic rings. The van der Waals surface area contributed by atoms with E-state index in [-0.39, 0.29) is 23.4 Å². The highest BCUT2D eigenvalue weighted by molar-refractivity contribution is 5.69. The predicted octanol–water partition coefficient (Wildman–Crippen LogP) is 3.46. The van der Waals surface area contributed by atoms with Crippen LogP contribution in [0, 0.1) is 10.1 Å². The standard InChI is InChI=1S/C19H26N6O2/c1-15(16-8-4-2-5-9-16)23-19-17(25(26)27)18(21-14-22-19)20-10-13-24-11-6-3-7-12-24/h2,4-5,8-9,14-15H,3,6-7,10-13H2,1H3,(H2,20,21,22,23). The van der Waals surface area contributed by atoms with Gasteiger partial charge in [0, 0.05) is 13.1 Å². The van der Waals surface area contributed by atoms with Crippen molar-refractivity contribution in [2.24, 2.45) is 0 Å². The SMILES string of the molecule is CC(Nc1ncnc(NCCN2CCCCC2)c1[N+](=O)[O-])c1ccccc1. The van der Waals surface area contributed by atoms with Crippen LogP contribution in [-0.2, 0) is 0 Å². The number of piperidine rings is 1. The third-order valence-electron chi connectivity index (χ3n) is 4.83. The highest BCUT2D eigenvalue weighted by Crippen LogP contribution is 2.31. The highest BCUT2D eigenvalue weighted by Gasteiger charge is 2.24. The van der Waals surface area contributed by atoms with Gasteiger partial charge in [-0.1, -0.05) is 36.8 Å². The van der Waals surface area contributed by atoms with E-state index in [1.807, 2.05) is 37.3 Å². The lowest BCUT2D eigenvalue weighted by Crippen LogP contribution is -2.33. The van der Waals surface area contributed by atoms with E-state index < -0.39 is 4.92 Å². The van der Waals surface area contributed by atoms with Gasteiger partial charge in [0.2, 0.25) is 11.6 Å². The molecule has 3 rings (SSSR count). The smallest absolute Gasteiger partial charge is 0.353 e. The molecular formula is C19H26N6O2. The molecule has 0 bridgehead atoms. The van der Waals surface area contributed by atoms with E-state index in [4.69, 9.17) is 0 Å². The van der Waals surface area contributed by atoms with Crippen molar-refractivity contribution in [1.29, 1.82) is 0 Å². The first-order valence-corrected chi connectivity index (χ1v) is 9.42. The van der Waals surface area contributed by atoms with Crippen LogP contribution in [0.4, 0.5) is 17.3 Å². The molecule has 1 aromatic carbocycles. The Hall–Kier alpha value is -2.74. The molecule has 0 spiro atoms. The van der Waals surface area contributed by atoms with Crippen LogP contribution in [0.1, 0.15) is 37.8 Å². The Labute approximate surface area is 159 Å². The minimum absolute atomic E-state index is 0.110. The van der Waals surface area contributed by atoms with Crippen LogP contribution in [0.3, 0.4) is 0 Å². The zero-order chi connectivity index (χ0) is 19.1. The molecule has 1 unspecified atom stereocenters. The number of likely N-dealkylation sites (tertiary alicyclic amines) is 1. The summed E-state index contributed by atoms with van der Waals surface area (Å²) in [5.41, 5.74) is 0.920. The molecule has 0 aliphatic carbocycles. The van der Waals surface area contributed by atoms with E-state index in [9.17, 15) is 10.1 Å². The van der Waals surface area contributed by atoms with E-state index in [0.717, 1.165) is 25.2 Å². The first kappa shape index (κ1) is 19.0. The van der Waals surface area contributed by atoms with Crippen molar-refractivity contribution in [3.8, 4) is 0 Å². The Morgan fingerprint density at radius 2 is 1.85 bits per heavy atom. The van der Waals surface area contributed by atoms with Crippen molar-refractivity contribution in [3.63, 3.8) is 0 Å². The minimum Gasteiger partial charge on any atom is -0.363 e. The molecule has 2 heterocycles. The van der Waals surface area contributed by atoms with Crippen LogP contribution in [-0.4, -0.2) is 46.0 Å². The number of rotatable bonds is 8. The summed E-state index contributed by atoms with van der Waals surface area (Å²) in [5, 5.41) is 17.9. The molecule has 1 fully saturated rings. The summed E-state index contributed by atoms with van der Waals surface area (Å²) in [6.07, 6.45) is 5.09. The van der Waals surface area contributed by atoms with Crippen LogP contribution in [0.25, 0.3) is 0 Å². The molecule has 27 heavy (non-hydrogen) atoms. The summed E-state index contributed by atoms with van der Waals surface area (Å²) < 4.78 is 0. The third kappa shape index (κ3) is 5.13. The molecule has 0 amide bonds. The lowest BCUT2D eigenvalue weighted by Gasteiger charge is -2.26. The molecule has 144 valence electrons. The number of aromatic nitrogens is 2. The van der Waals surface area contributed by atoms with Crippen molar-refractivity contribution in [1.82, 2.24) is 14.9 Å². The van der Waals surface area contributed by atoms with Crippen molar-refractivity contribution >= 4 is 17.3 Å². The molecular weight excluding hydrogens is 344 g/mol. The summed E-state index contributed by atoms with van der Waals surface area (Å²) in [5.74, 6) is 0.488. The van der Waals surface area contributed by atoms with Gasteiger partial charge < -0.3 is 15.5 Å². The Bertz CT molecular complexity index is 749. The maximum Gasteiger partial charge on any atom is 0.353 e. The fraction of sp³-hybridized carbons (Fsp3) is 0.474. The van der Waals surface area contributed by atoms with Gasteiger partial charge in [-0.05, 0) is 38.4 Å². The number of anilines is 2. The molecule has 2 N–H and O–H groups in total. The summed E-state index contributed by atoms with van der Waals surface area (Å²) >= 11 is 0. The van der Waals surface area contributed by atoms with Crippen LogP contribution >= 0.6 is 0 Å².